The smallest absolute Gasteiger partial charge is 0.322 e. The second kappa shape index (κ2) is 9.95. The van der Waals surface area contributed by atoms with Gasteiger partial charge in [-0.15, -0.1) is 12.4 Å². The molecular formula is C19H29ClN4O4. The molecule has 1 aromatic carbocycles. The molecule has 0 saturated carbocycles. The van der Waals surface area contributed by atoms with Crippen LogP contribution in [-0.4, -0.2) is 65.5 Å². The maximum atomic E-state index is 12.8. The summed E-state index contributed by atoms with van der Waals surface area (Å²) in [5, 5.41) is 9.17. The minimum absolute atomic E-state index is 0. The van der Waals surface area contributed by atoms with Crippen LogP contribution < -0.4 is 25.6 Å². The van der Waals surface area contributed by atoms with Gasteiger partial charge in [0.2, 0.25) is 0 Å². The van der Waals surface area contributed by atoms with E-state index in [1.165, 1.54) is 0 Å². The van der Waals surface area contributed by atoms with Crippen LogP contribution in [0, 0.1) is 5.41 Å². The van der Waals surface area contributed by atoms with Crippen molar-refractivity contribution in [3.05, 3.63) is 23.8 Å². The number of benzene rings is 1. The quantitative estimate of drug-likeness (QED) is 0.629. The number of nitrogens with zero attached hydrogens (tertiary/aromatic N) is 1. The molecule has 0 radical (unpaired) electrons. The van der Waals surface area contributed by atoms with E-state index in [1.54, 1.807) is 37.3 Å². The molecule has 0 spiro atoms. The van der Waals surface area contributed by atoms with Gasteiger partial charge in [0, 0.05) is 37.7 Å². The average Bonchev–Trinajstić information content (AvgIpc) is 3.12. The Morgan fingerprint density at radius 2 is 2.00 bits per heavy atom. The third kappa shape index (κ3) is 4.87. The summed E-state index contributed by atoms with van der Waals surface area (Å²) >= 11 is 0. The van der Waals surface area contributed by atoms with Gasteiger partial charge >= 0.3 is 6.03 Å². The third-order valence-corrected chi connectivity index (χ3v) is 5.33. The Labute approximate surface area is 171 Å². The van der Waals surface area contributed by atoms with E-state index in [1.807, 2.05) is 0 Å². The standard InChI is InChI=1S/C19H28N4O4.ClH/c1-26-13-19(5-7-20-8-6-19)12-22-17(24)14-3-4-16(27-2)15(11-14)23-10-9-21-18(23)25;/h3-4,11,20H,5-10,12-13H2,1-2H3,(H,21,25)(H,22,24);1H. The zero-order chi connectivity index (χ0) is 19.3. The summed E-state index contributed by atoms with van der Waals surface area (Å²) in [6.07, 6.45) is 1.92. The Hall–Kier alpha value is -2.03. The maximum absolute atomic E-state index is 12.8. The highest BCUT2D eigenvalue weighted by Gasteiger charge is 2.33. The summed E-state index contributed by atoms with van der Waals surface area (Å²) in [5.41, 5.74) is 1.07. The first kappa shape index (κ1) is 22.3. The second-order valence-corrected chi connectivity index (χ2v) is 7.14. The average molecular weight is 413 g/mol. The molecule has 3 N–H and O–H groups in total. The number of halogens is 1. The summed E-state index contributed by atoms with van der Waals surface area (Å²) in [6.45, 7) is 4.16. The fourth-order valence-corrected chi connectivity index (χ4v) is 3.75. The number of anilines is 1. The van der Waals surface area contributed by atoms with Crippen molar-refractivity contribution in [1.82, 2.24) is 16.0 Å². The zero-order valence-corrected chi connectivity index (χ0v) is 17.2. The Bertz CT molecular complexity index is 689. The number of ether oxygens (including phenoxy) is 2. The number of carbonyl (C=O) groups excluding carboxylic acids is 2. The van der Waals surface area contributed by atoms with E-state index in [0.717, 1.165) is 25.9 Å². The molecular weight excluding hydrogens is 384 g/mol. The fraction of sp³-hybridized carbons (Fsp3) is 0.579. The number of hydrogen-bond acceptors (Lipinski definition) is 5. The van der Waals surface area contributed by atoms with Gasteiger partial charge < -0.3 is 25.4 Å². The van der Waals surface area contributed by atoms with Crippen molar-refractivity contribution >= 4 is 30.0 Å². The van der Waals surface area contributed by atoms with Crippen LogP contribution in [0.1, 0.15) is 23.2 Å². The number of amides is 3. The van der Waals surface area contributed by atoms with Gasteiger partial charge in [0.05, 0.1) is 19.4 Å². The molecule has 3 amide bonds. The number of hydrogen-bond donors (Lipinski definition) is 3. The predicted molar refractivity (Wildman–Crippen MR) is 110 cm³/mol. The summed E-state index contributed by atoms with van der Waals surface area (Å²) in [5.74, 6) is 0.408. The summed E-state index contributed by atoms with van der Waals surface area (Å²) in [7, 11) is 3.25. The molecule has 0 bridgehead atoms. The van der Waals surface area contributed by atoms with Crippen LogP contribution in [0.25, 0.3) is 0 Å². The maximum Gasteiger partial charge on any atom is 0.322 e. The van der Waals surface area contributed by atoms with Crippen molar-refractivity contribution in [1.29, 1.82) is 0 Å². The molecule has 2 aliphatic rings. The minimum Gasteiger partial charge on any atom is -0.495 e. The lowest BCUT2D eigenvalue weighted by atomic mass is 9.79. The van der Waals surface area contributed by atoms with Gasteiger partial charge in [-0.3, -0.25) is 9.69 Å². The van der Waals surface area contributed by atoms with Crippen molar-refractivity contribution < 1.29 is 19.1 Å². The topological polar surface area (TPSA) is 91.9 Å². The summed E-state index contributed by atoms with van der Waals surface area (Å²) in [6, 6.07) is 4.98. The molecule has 9 heteroatoms. The first-order valence-electron chi connectivity index (χ1n) is 9.30. The van der Waals surface area contributed by atoms with Gasteiger partial charge in [-0.2, -0.15) is 0 Å². The van der Waals surface area contributed by atoms with Gasteiger partial charge in [-0.05, 0) is 44.1 Å². The van der Waals surface area contributed by atoms with Crippen LogP contribution in [0.2, 0.25) is 0 Å². The number of carbonyl (C=O) groups is 2. The molecule has 2 aliphatic heterocycles. The molecule has 0 atom stereocenters. The molecule has 28 heavy (non-hydrogen) atoms. The van der Waals surface area contributed by atoms with Gasteiger partial charge in [0.25, 0.3) is 5.91 Å². The van der Waals surface area contributed by atoms with Crippen LogP contribution in [0.5, 0.6) is 5.75 Å². The van der Waals surface area contributed by atoms with Crippen LogP contribution in [0.15, 0.2) is 18.2 Å². The highest BCUT2D eigenvalue weighted by Crippen LogP contribution is 2.31. The van der Waals surface area contributed by atoms with Gasteiger partial charge in [-0.25, -0.2) is 4.79 Å². The van der Waals surface area contributed by atoms with Crippen molar-refractivity contribution in [2.75, 3.05) is 58.5 Å². The van der Waals surface area contributed by atoms with Gasteiger partial charge in [0.15, 0.2) is 0 Å². The Kier molecular flexibility index (Phi) is 7.91. The first-order valence-corrected chi connectivity index (χ1v) is 9.30. The lowest BCUT2D eigenvalue weighted by molar-refractivity contribution is 0.0512. The number of nitrogens with one attached hydrogen (secondary N) is 3. The predicted octanol–water partition coefficient (Wildman–Crippen LogP) is 1.39. The van der Waals surface area contributed by atoms with Crippen molar-refractivity contribution in [3.8, 4) is 5.75 Å². The van der Waals surface area contributed by atoms with Gasteiger partial charge in [0.1, 0.15) is 5.75 Å². The zero-order valence-electron chi connectivity index (χ0n) is 16.4. The number of piperidine rings is 1. The second-order valence-electron chi connectivity index (χ2n) is 7.14. The number of methoxy groups -OCH3 is 2. The SMILES string of the molecule is COCC1(CNC(=O)c2ccc(OC)c(N3CCNC3=O)c2)CCNCC1.Cl. The van der Waals surface area contributed by atoms with E-state index in [2.05, 4.69) is 16.0 Å². The first-order chi connectivity index (χ1) is 13.1. The molecule has 2 fully saturated rings. The number of urea groups is 1. The molecule has 3 rings (SSSR count). The van der Waals surface area contributed by atoms with E-state index in [9.17, 15) is 9.59 Å². The van der Waals surface area contributed by atoms with Crippen molar-refractivity contribution in [2.45, 2.75) is 12.8 Å². The minimum atomic E-state index is -0.181. The third-order valence-electron chi connectivity index (χ3n) is 5.33. The molecule has 156 valence electrons. The molecule has 2 heterocycles. The van der Waals surface area contributed by atoms with E-state index in [0.29, 0.717) is 43.2 Å². The Balaban J connectivity index is 0.00000280. The lowest BCUT2D eigenvalue weighted by Gasteiger charge is -2.37. The van der Waals surface area contributed by atoms with E-state index >= 15 is 0 Å². The van der Waals surface area contributed by atoms with Gasteiger partial charge in [-0.1, -0.05) is 0 Å². The summed E-state index contributed by atoms with van der Waals surface area (Å²) < 4.78 is 10.8. The molecule has 8 nitrogen and oxygen atoms in total. The van der Waals surface area contributed by atoms with Crippen LogP contribution >= 0.6 is 12.4 Å². The molecule has 2 saturated heterocycles. The monoisotopic (exact) mass is 412 g/mol. The largest absolute Gasteiger partial charge is 0.495 e. The summed E-state index contributed by atoms with van der Waals surface area (Å²) in [4.78, 5) is 26.4. The van der Waals surface area contributed by atoms with Crippen LogP contribution in [0.4, 0.5) is 10.5 Å². The molecule has 0 aromatic heterocycles. The molecule has 1 aromatic rings. The normalized spacial score (nSPS) is 18.2. The highest BCUT2D eigenvalue weighted by atomic mass is 35.5. The molecule has 0 unspecified atom stereocenters. The van der Waals surface area contributed by atoms with E-state index in [4.69, 9.17) is 9.47 Å². The van der Waals surface area contributed by atoms with Crippen LogP contribution in [0.3, 0.4) is 0 Å². The van der Waals surface area contributed by atoms with E-state index < -0.39 is 0 Å². The van der Waals surface area contributed by atoms with Crippen molar-refractivity contribution in [2.24, 2.45) is 5.41 Å². The Morgan fingerprint density at radius 1 is 1.25 bits per heavy atom. The van der Waals surface area contributed by atoms with E-state index in [-0.39, 0.29) is 29.8 Å². The number of rotatable bonds is 7. The lowest BCUT2D eigenvalue weighted by Crippen LogP contribution is -2.47. The fourth-order valence-electron chi connectivity index (χ4n) is 3.75. The van der Waals surface area contributed by atoms with Crippen LogP contribution in [-0.2, 0) is 4.74 Å². The highest BCUT2D eigenvalue weighted by molar-refractivity contribution is 5.99. The van der Waals surface area contributed by atoms with Crippen molar-refractivity contribution in [3.63, 3.8) is 0 Å². The Morgan fingerprint density at radius 3 is 2.61 bits per heavy atom. The molecule has 0 aliphatic carbocycles.